The van der Waals surface area contributed by atoms with Gasteiger partial charge in [0.25, 0.3) is 0 Å². The van der Waals surface area contributed by atoms with Gasteiger partial charge in [0, 0.05) is 31.1 Å². The summed E-state index contributed by atoms with van der Waals surface area (Å²) in [5.74, 6) is -0.452. The van der Waals surface area contributed by atoms with Crippen LogP contribution in [-0.4, -0.2) is 50.5 Å². The molecule has 1 unspecified atom stereocenters. The van der Waals surface area contributed by atoms with Gasteiger partial charge in [0.15, 0.2) is 0 Å². The van der Waals surface area contributed by atoms with Gasteiger partial charge < -0.3 is 10.2 Å². The van der Waals surface area contributed by atoms with E-state index >= 15 is 0 Å². The van der Waals surface area contributed by atoms with Gasteiger partial charge in [0.1, 0.15) is 6.04 Å². The van der Waals surface area contributed by atoms with Gasteiger partial charge in [-0.15, -0.1) is 0 Å². The Labute approximate surface area is 208 Å². The quantitative estimate of drug-likeness (QED) is 0.467. The molecule has 0 aliphatic rings. The lowest BCUT2D eigenvalue weighted by molar-refractivity contribution is -0.140. The standard InChI is InChI=1S/C25H34ClN3O4S/c1-5-15-27-25(31)20(3)28(18-21-11-8-12-22(26)17-21)24(30)14-9-16-29(34(4,32)33)23-13-7-6-10-19(23)2/h6-8,10-13,17,20H,5,9,14-16,18H2,1-4H3,(H,27,31). The molecule has 2 aromatic carbocycles. The van der Waals surface area contributed by atoms with E-state index in [2.05, 4.69) is 5.32 Å². The van der Waals surface area contributed by atoms with E-state index in [1.165, 1.54) is 9.21 Å². The van der Waals surface area contributed by atoms with E-state index in [1.807, 2.05) is 32.0 Å². The molecule has 0 aliphatic heterocycles. The molecule has 34 heavy (non-hydrogen) atoms. The van der Waals surface area contributed by atoms with Crippen molar-refractivity contribution >= 4 is 39.1 Å². The first-order valence-electron chi connectivity index (χ1n) is 11.4. The first-order chi connectivity index (χ1) is 16.0. The second-order valence-corrected chi connectivity index (χ2v) is 10.7. The van der Waals surface area contributed by atoms with Crippen LogP contribution in [0.1, 0.15) is 44.2 Å². The number of nitrogens with one attached hydrogen (secondary N) is 1. The van der Waals surface area contributed by atoms with Crippen molar-refractivity contribution in [2.45, 2.75) is 52.6 Å². The molecule has 0 fully saturated rings. The topological polar surface area (TPSA) is 86.8 Å². The van der Waals surface area contributed by atoms with Gasteiger partial charge in [-0.05, 0) is 56.0 Å². The van der Waals surface area contributed by atoms with Gasteiger partial charge in [-0.2, -0.15) is 0 Å². The van der Waals surface area contributed by atoms with Crippen LogP contribution < -0.4 is 9.62 Å². The zero-order valence-corrected chi connectivity index (χ0v) is 21.8. The van der Waals surface area contributed by atoms with Crippen LogP contribution in [0.2, 0.25) is 5.02 Å². The molecule has 0 spiro atoms. The maximum absolute atomic E-state index is 13.2. The van der Waals surface area contributed by atoms with Gasteiger partial charge in [-0.3, -0.25) is 13.9 Å². The molecule has 2 aromatic rings. The molecule has 0 aromatic heterocycles. The average Bonchev–Trinajstić information content (AvgIpc) is 2.78. The van der Waals surface area contributed by atoms with Crippen LogP contribution in [-0.2, 0) is 26.2 Å². The number of halogens is 1. The molecule has 2 rings (SSSR count). The maximum atomic E-state index is 13.2. The van der Waals surface area contributed by atoms with Crippen LogP contribution in [0.25, 0.3) is 0 Å². The first-order valence-corrected chi connectivity index (χ1v) is 13.6. The third-order valence-electron chi connectivity index (χ3n) is 5.49. The Morgan fingerprint density at radius 2 is 1.82 bits per heavy atom. The van der Waals surface area contributed by atoms with Crippen LogP contribution in [0.15, 0.2) is 48.5 Å². The third kappa shape index (κ3) is 8.02. The molecule has 9 heteroatoms. The van der Waals surface area contributed by atoms with E-state index in [0.717, 1.165) is 23.8 Å². The third-order valence-corrected chi connectivity index (χ3v) is 6.91. The summed E-state index contributed by atoms with van der Waals surface area (Å²) >= 11 is 6.11. The number of sulfonamides is 1. The molecule has 7 nitrogen and oxygen atoms in total. The number of hydrogen-bond acceptors (Lipinski definition) is 4. The van der Waals surface area contributed by atoms with Crippen molar-refractivity contribution in [2.75, 3.05) is 23.7 Å². The van der Waals surface area contributed by atoms with Crippen molar-refractivity contribution in [3.8, 4) is 0 Å². The minimum atomic E-state index is -3.52. The number of nitrogens with zero attached hydrogens (tertiary/aromatic N) is 2. The molecule has 0 radical (unpaired) electrons. The number of rotatable bonds is 12. The number of benzene rings is 2. The van der Waals surface area contributed by atoms with Crippen LogP contribution >= 0.6 is 11.6 Å². The van der Waals surface area contributed by atoms with Crippen molar-refractivity contribution < 1.29 is 18.0 Å². The predicted molar refractivity (Wildman–Crippen MR) is 137 cm³/mol. The molecule has 0 saturated heterocycles. The number of anilines is 1. The molecule has 1 atom stereocenters. The molecule has 0 heterocycles. The summed E-state index contributed by atoms with van der Waals surface area (Å²) in [4.78, 5) is 27.4. The minimum absolute atomic E-state index is 0.101. The smallest absolute Gasteiger partial charge is 0.242 e. The van der Waals surface area contributed by atoms with E-state index < -0.39 is 16.1 Å². The minimum Gasteiger partial charge on any atom is -0.354 e. The zero-order valence-electron chi connectivity index (χ0n) is 20.3. The second-order valence-electron chi connectivity index (χ2n) is 8.34. The van der Waals surface area contributed by atoms with Gasteiger partial charge >= 0.3 is 0 Å². The first kappa shape index (κ1) is 27.7. The number of carbonyl (C=O) groups excluding carboxylic acids is 2. The van der Waals surface area contributed by atoms with Crippen molar-refractivity contribution in [3.63, 3.8) is 0 Å². The monoisotopic (exact) mass is 507 g/mol. The number of amides is 2. The summed E-state index contributed by atoms with van der Waals surface area (Å²) in [5, 5.41) is 3.39. The molecule has 0 aliphatic carbocycles. The Morgan fingerprint density at radius 3 is 2.44 bits per heavy atom. The van der Waals surface area contributed by atoms with Crippen molar-refractivity contribution in [3.05, 3.63) is 64.7 Å². The highest BCUT2D eigenvalue weighted by atomic mass is 35.5. The fourth-order valence-electron chi connectivity index (χ4n) is 3.64. The molecule has 186 valence electrons. The van der Waals surface area contributed by atoms with Gasteiger partial charge in [0.05, 0.1) is 11.9 Å². The van der Waals surface area contributed by atoms with Crippen LogP contribution in [0.4, 0.5) is 5.69 Å². The Morgan fingerprint density at radius 1 is 1.12 bits per heavy atom. The van der Waals surface area contributed by atoms with E-state index in [0.29, 0.717) is 23.7 Å². The van der Waals surface area contributed by atoms with Crippen molar-refractivity contribution in [1.29, 1.82) is 0 Å². The maximum Gasteiger partial charge on any atom is 0.242 e. The normalized spacial score (nSPS) is 12.1. The summed E-state index contributed by atoms with van der Waals surface area (Å²) in [6.07, 6.45) is 2.37. The molecule has 1 N–H and O–H groups in total. The SMILES string of the molecule is CCCNC(=O)C(C)N(Cc1cccc(Cl)c1)C(=O)CCCN(c1ccccc1C)S(C)(=O)=O. The van der Waals surface area contributed by atoms with Gasteiger partial charge in [-0.1, -0.05) is 48.9 Å². The average molecular weight is 508 g/mol. The second kappa shape index (κ2) is 12.8. The highest BCUT2D eigenvalue weighted by Crippen LogP contribution is 2.23. The summed E-state index contributed by atoms with van der Waals surface area (Å²) in [6, 6.07) is 13.7. The highest BCUT2D eigenvalue weighted by molar-refractivity contribution is 7.92. The number of para-hydroxylation sites is 1. The van der Waals surface area contributed by atoms with Crippen LogP contribution in [0.3, 0.4) is 0 Å². The Balaban J connectivity index is 2.16. The lowest BCUT2D eigenvalue weighted by Gasteiger charge is -2.29. The van der Waals surface area contributed by atoms with E-state index in [9.17, 15) is 18.0 Å². The Kier molecular flexibility index (Phi) is 10.4. The number of carbonyl (C=O) groups is 2. The Hall–Kier alpha value is -2.58. The largest absolute Gasteiger partial charge is 0.354 e. The van der Waals surface area contributed by atoms with E-state index in [4.69, 9.17) is 11.6 Å². The molecule has 0 bridgehead atoms. The summed E-state index contributed by atoms with van der Waals surface area (Å²) in [6.45, 7) is 6.43. The van der Waals surface area contributed by atoms with Crippen LogP contribution in [0, 0.1) is 6.92 Å². The van der Waals surface area contributed by atoms with Gasteiger partial charge in [0.2, 0.25) is 21.8 Å². The van der Waals surface area contributed by atoms with E-state index in [1.54, 1.807) is 37.3 Å². The number of aryl methyl sites for hydroxylation is 1. The molecule has 2 amide bonds. The lowest BCUT2D eigenvalue weighted by atomic mass is 10.1. The lowest BCUT2D eigenvalue weighted by Crippen LogP contribution is -2.47. The van der Waals surface area contributed by atoms with Crippen LogP contribution in [0.5, 0.6) is 0 Å². The van der Waals surface area contributed by atoms with Crippen molar-refractivity contribution in [1.82, 2.24) is 10.2 Å². The fraction of sp³-hybridized carbons (Fsp3) is 0.440. The summed E-state index contributed by atoms with van der Waals surface area (Å²) in [5.41, 5.74) is 2.25. The summed E-state index contributed by atoms with van der Waals surface area (Å²) in [7, 11) is -3.52. The Bertz CT molecular complexity index is 1090. The van der Waals surface area contributed by atoms with Gasteiger partial charge in [-0.25, -0.2) is 8.42 Å². The molecule has 0 saturated carbocycles. The fourth-order valence-corrected chi connectivity index (χ4v) is 4.87. The molecular formula is C25H34ClN3O4S. The molecular weight excluding hydrogens is 474 g/mol. The zero-order chi connectivity index (χ0) is 25.3. The highest BCUT2D eigenvalue weighted by Gasteiger charge is 2.26. The summed E-state index contributed by atoms with van der Waals surface area (Å²) < 4.78 is 26.2. The van der Waals surface area contributed by atoms with Crippen molar-refractivity contribution in [2.24, 2.45) is 0 Å². The number of hydrogen-bond donors (Lipinski definition) is 1. The predicted octanol–water partition coefficient (Wildman–Crippen LogP) is 4.14. The van der Waals surface area contributed by atoms with E-state index in [-0.39, 0.29) is 31.3 Å².